The number of hydrogen-bond donors (Lipinski definition) is 1. The van der Waals surface area contributed by atoms with Crippen molar-refractivity contribution in [1.82, 2.24) is 0 Å². The quantitative estimate of drug-likeness (QED) is 0.842. The van der Waals surface area contributed by atoms with E-state index in [-0.39, 0.29) is 5.56 Å². The Hall–Kier alpha value is -2.49. The molecule has 0 fully saturated rings. The molecule has 0 aliphatic heterocycles. The molecule has 0 aliphatic carbocycles. The van der Waals surface area contributed by atoms with Crippen LogP contribution in [0.15, 0.2) is 42.5 Å². The molecule has 0 spiro atoms. The van der Waals surface area contributed by atoms with Crippen LogP contribution in [0.4, 0.5) is 0 Å². The number of ether oxygens (including phenoxy) is 2. The molecule has 0 heterocycles. The normalized spacial score (nSPS) is 10.3. The average molecular weight is 300 g/mol. The van der Waals surface area contributed by atoms with Crippen molar-refractivity contribution in [3.05, 3.63) is 59.2 Å². The minimum atomic E-state index is -0.930. The molecule has 0 atom stereocenters. The van der Waals surface area contributed by atoms with E-state index in [1.54, 1.807) is 31.4 Å². The fourth-order valence-electron chi connectivity index (χ4n) is 2.18. The van der Waals surface area contributed by atoms with Crippen molar-refractivity contribution < 1.29 is 19.4 Å². The summed E-state index contributed by atoms with van der Waals surface area (Å²) in [7, 11) is 1.62. The molecule has 2 rings (SSSR count). The molecule has 4 heteroatoms. The molecule has 0 aromatic heterocycles. The highest BCUT2D eigenvalue weighted by Crippen LogP contribution is 2.29. The molecule has 0 unspecified atom stereocenters. The third-order valence-corrected chi connectivity index (χ3v) is 3.36. The molecule has 0 aliphatic rings. The van der Waals surface area contributed by atoms with E-state index >= 15 is 0 Å². The number of carboxylic acids is 1. The van der Waals surface area contributed by atoms with Crippen LogP contribution in [0.1, 0.15) is 34.8 Å². The molecule has 0 amide bonds. The summed E-state index contributed by atoms with van der Waals surface area (Å²) >= 11 is 0. The Morgan fingerprint density at radius 3 is 2.32 bits per heavy atom. The summed E-state index contributed by atoms with van der Waals surface area (Å²) in [5.74, 6) is 0.471. The van der Waals surface area contributed by atoms with Gasteiger partial charge in [-0.1, -0.05) is 31.5 Å². The summed E-state index contributed by atoms with van der Waals surface area (Å²) < 4.78 is 11.1. The minimum absolute atomic E-state index is 0.269. The first-order valence-corrected chi connectivity index (χ1v) is 7.26. The van der Waals surface area contributed by atoms with Crippen molar-refractivity contribution >= 4 is 5.97 Å². The van der Waals surface area contributed by atoms with Gasteiger partial charge in [-0.2, -0.15) is 0 Å². The van der Waals surface area contributed by atoms with Crippen LogP contribution in [-0.4, -0.2) is 18.2 Å². The Labute approximate surface area is 130 Å². The number of carboxylic acid groups (broad SMARTS) is 1. The van der Waals surface area contributed by atoms with Gasteiger partial charge in [0, 0.05) is 0 Å². The molecule has 0 saturated heterocycles. The van der Waals surface area contributed by atoms with Crippen molar-refractivity contribution in [2.45, 2.75) is 26.4 Å². The molecular formula is C18H20O4. The van der Waals surface area contributed by atoms with Gasteiger partial charge in [0.05, 0.1) is 12.7 Å². The molecule has 1 N–H and O–H groups in total. The summed E-state index contributed by atoms with van der Waals surface area (Å²) in [4.78, 5) is 10.8. The van der Waals surface area contributed by atoms with Crippen molar-refractivity contribution in [3.8, 4) is 11.5 Å². The van der Waals surface area contributed by atoms with E-state index in [9.17, 15) is 4.79 Å². The molecule has 22 heavy (non-hydrogen) atoms. The molecule has 0 saturated carbocycles. The van der Waals surface area contributed by atoms with E-state index in [1.807, 2.05) is 18.2 Å². The maximum Gasteiger partial charge on any atom is 0.335 e. The van der Waals surface area contributed by atoms with Gasteiger partial charge in [0.1, 0.15) is 6.61 Å². The van der Waals surface area contributed by atoms with Gasteiger partial charge >= 0.3 is 5.97 Å². The van der Waals surface area contributed by atoms with E-state index in [0.717, 1.165) is 18.4 Å². The fourth-order valence-corrected chi connectivity index (χ4v) is 2.18. The Morgan fingerprint density at radius 1 is 1.05 bits per heavy atom. The maximum absolute atomic E-state index is 10.8. The zero-order valence-electron chi connectivity index (χ0n) is 12.8. The Balaban J connectivity index is 2.05. The third-order valence-electron chi connectivity index (χ3n) is 3.36. The van der Waals surface area contributed by atoms with Gasteiger partial charge in [-0.15, -0.1) is 0 Å². The van der Waals surface area contributed by atoms with E-state index in [2.05, 4.69) is 6.92 Å². The second-order valence-corrected chi connectivity index (χ2v) is 5.03. The van der Waals surface area contributed by atoms with Crippen LogP contribution in [0.25, 0.3) is 0 Å². The van der Waals surface area contributed by atoms with Crippen LogP contribution in [0.5, 0.6) is 11.5 Å². The monoisotopic (exact) mass is 300 g/mol. The number of aromatic carboxylic acids is 1. The fraction of sp³-hybridized carbons (Fsp3) is 0.278. The lowest BCUT2D eigenvalue weighted by molar-refractivity contribution is 0.0697. The number of carbonyl (C=O) groups is 1. The summed E-state index contributed by atoms with van der Waals surface area (Å²) in [5, 5.41) is 8.87. The first kappa shape index (κ1) is 15.9. The minimum Gasteiger partial charge on any atom is -0.493 e. The lowest BCUT2D eigenvalue weighted by Gasteiger charge is -2.12. The Bertz CT molecular complexity index is 632. The number of rotatable bonds is 7. The maximum atomic E-state index is 10.8. The lowest BCUT2D eigenvalue weighted by atomic mass is 10.1. The van der Waals surface area contributed by atoms with Gasteiger partial charge in [-0.05, 0) is 41.8 Å². The summed E-state index contributed by atoms with van der Waals surface area (Å²) in [6.07, 6.45) is 2.09. The van der Waals surface area contributed by atoms with Gasteiger partial charge in [0.25, 0.3) is 0 Å². The van der Waals surface area contributed by atoms with Crippen LogP contribution in [0, 0.1) is 0 Å². The van der Waals surface area contributed by atoms with Crippen molar-refractivity contribution in [2.24, 2.45) is 0 Å². The number of methoxy groups -OCH3 is 1. The van der Waals surface area contributed by atoms with Crippen LogP contribution in [-0.2, 0) is 13.0 Å². The summed E-state index contributed by atoms with van der Waals surface area (Å²) in [6.45, 7) is 2.50. The number of aryl methyl sites for hydroxylation is 1. The zero-order chi connectivity index (χ0) is 15.9. The molecular weight excluding hydrogens is 280 g/mol. The highest BCUT2D eigenvalue weighted by molar-refractivity contribution is 5.87. The average Bonchev–Trinajstić information content (AvgIpc) is 2.54. The van der Waals surface area contributed by atoms with Crippen molar-refractivity contribution in [3.63, 3.8) is 0 Å². The molecule has 2 aromatic carbocycles. The van der Waals surface area contributed by atoms with Crippen LogP contribution in [0.2, 0.25) is 0 Å². The smallest absolute Gasteiger partial charge is 0.335 e. The van der Waals surface area contributed by atoms with Crippen molar-refractivity contribution in [1.29, 1.82) is 0 Å². The van der Waals surface area contributed by atoms with Crippen LogP contribution < -0.4 is 9.47 Å². The van der Waals surface area contributed by atoms with Crippen LogP contribution in [0.3, 0.4) is 0 Å². The van der Waals surface area contributed by atoms with E-state index in [4.69, 9.17) is 14.6 Å². The van der Waals surface area contributed by atoms with Gasteiger partial charge in [-0.3, -0.25) is 0 Å². The van der Waals surface area contributed by atoms with Gasteiger partial charge in [0.2, 0.25) is 0 Å². The molecule has 2 aromatic rings. The standard InChI is InChI=1S/C18H20O4/c1-3-4-13-7-10-16(17(11-13)21-2)22-12-14-5-8-15(9-6-14)18(19)20/h5-11H,3-4,12H2,1-2H3,(H,19,20). The first-order chi connectivity index (χ1) is 10.6. The van der Waals surface area contributed by atoms with Crippen LogP contribution >= 0.6 is 0 Å². The van der Waals surface area contributed by atoms with Gasteiger partial charge in [-0.25, -0.2) is 4.79 Å². The topological polar surface area (TPSA) is 55.8 Å². The lowest BCUT2D eigenvalue weighted by Crippen LogP contribution is -2.00. The largest absolute Gasteiger partial charge is 0.493 e. The molecule has 0 radical (unpaired) electrons. The number of benzene rings is 2. The third kappa shape index (κ3) is 4.01. The highest BCUT2D eigenvalue weighted by Gasteiger charge is 2.07. The summed E-state index contributed by atoms with van der Waals surface area (Å²) in [5.41, 5.74) is 2.40. The van der Waals surface area contributed by atoms with Gasteiger partial charge in [0.15, 0.2) is 11.5 Å². The molecule has 4 nitrogen and oxygen atoms in total. The zero-order valence-corrected chi connectivity index (χ0v) is 12.8. The molecule has 116 valence electrons. The van der Waals surface area contributed by atoms with Gasteiger partial charge < -0.3 is 14.6 Å². The second kappa shape index (κ2) is 7.50. The van der Waals surface area contributed by atoms with E-state index in [1.165, 1.54) is 5.56 Å². The highest BCUT2D eigenvalue weighted by atomic mass is 16.5. The second-order valence-electron chi connectivity index (χ2n) is 5.03. The Kier molecular flexibility index (Phi) is 5.42. The predicted molar refractivity (Wildman–Crippen MR) is 84.7 cm³/mol. The number of hydrogen-bond acceptors (Lipinski definition) is 3. The summed E-state index contributed by atoms with van der Waals surface area (Å²) in [6, 6.07) is 12.6. The van der Waals surface area contributed by atoms with E-state index in [0.29, 0.717) is 18.1 Å². The molecule has 0 bridgehead atoms. The van der Waals surface area contributed by atoms with E-state index < -0.39 is 5.97 Å². The SMILES string of the molecule is CCCc1ccc(OCc2ccc(C(=O)O)cc2)c(OC)c1. The first-order valence-electron chi connectivity index (χ1n) is 7.26. The predicted octanol–water partition coefficient (Wildman–Crippen LogP) is 3.92. The van der Waals surface area contributed by atoms with Crippen molar-refractivity contribution in [2.75, 3.05) is 7.11 Å². The Morgan fingerprint density at radius 2 is 1.73 bits per heavy atom.